The van der Waals surface area contributed by atoms with Crippen LogP contribution >= 0.6 is 15.9 Å². The maximum Gasteiger partial charge on any atom is 0.253 e. The van der Waals surface area contributed by atoms with E-state index in [1.165, 1.54) is 36.4 Å². The van der Waals surface area contributed by atoms with E-state index in [9.17, 15) is 24.0 Å². The van der Waals surface area contributed by atoms with E-state index >= 15 is 0 Å². The molecule has 0 bridgehead atoms. The number of hydrogen-bond donors (Lipinski definition) is 0. The normalized spacial score (nSPS) is 15.6. The molecule has 150 valence electrons. The Labute approximate surface area is 173 Å². The monoisotopic (exact) mass is 462 g/mol. The van der Waals surface area contributed by atoms with Crippen LogP contribution in [-0.2, 0) is 19.2 Å². The van der Waals surface area contributed by atoms with E-state index < -0.39 is 23.6 Å². The van der Waals surface area contributed by atoms with E-state index in [0.717, 1.165) is 9.80 Å². The Balaban J connectivity index is 1.57. The summed E-state index contributed by atoms with van der Waals surface area (Å²) >= 11 is 3.32. The number of carbonyl (C=O) groups excluding carboxylic acids is 5. The van der Waals surface area contributed by atoms with Gasteiger partial charge < -0.3 is 9.47 Å². The van der Waals surface area contributed by atoms with Crippen molar-refractivity contribution in [1.82, 2.24) is 9.80 Å². The van der Waals surface area contributed by atoms with Crippen LogP contribution in [-0.4, -0.2) is 66.0 Å². The lowest BCUT2D eigenvalue weighted by atomic mass is 10.2. The smallest absolute Gasteiger partial charge is 0.253 e. The molecule has 10 heteroatoms. The number of carbonyl (C=O) groups is 5. The predicted molar refractivity (Wildman–Crippen MR) is 102 cm³/mol. The highest BCUT2D eigenvalue weighted by atomic mass is 79.9. The van der Waals surface area contributed by atoms with Gasteiger partial charge in [0.15, 0.2) is 6.29 Å². The summed E-state index contributed by atoms with van der Waals surface area (Å²) in [6, 6.07) is 2.98. The van der Waals surface area contributed by atoms with Gasteiger partial charge in [-0.05, 0) is 28.1 Å². The minimum absolute atomic E-state index is 0.0127. The molecule has 0 spiro atoms. The zero-order chi connectivity index (χ0) is 21.0. The van der Waals surface area contributed by atoms with Gasteiger partial charge in [-0.25, -0.2) is 0 Å². The van der Waals surface area contributed by atoms with Gasteiger partial charge in [0.25, 0.3) is 23.6 Å². The third-order valence-electron chi connectivity index (χ3n) is 4.14. The number of ether oxygens (including phenoxy) is 2. The summed E-state index contributed by atoms with van der Waals surface area (Å²) in [4.78, 5) is 59.5. The number of nitrogens with zero attached hydrogens (tertiary/aromatic N) is 2. The van der Waals surface area contributed by atoms with E-state index in [-0.39, 0.29) is 37.6 Å². The molecule has 2 aliphatic heterocycles. The third-order valence-corrected chi connectivity index (χ3v) is 4.76. The molecule has 9 nitrogen and oxygen atoms in total. The lowest BCUT2D eigenvalue weighted by Gasteiger charge is -2.17. The Morgan fingerprint density at radius 2 is 1.21 bits per heavy atom. The molecule has 3 rings (SSSR count). The fourth-order valence-electron chi connectivity index (χ4n) is 2.68. The topological polar surface area (TPSA) is 110 Å². The maximum absolute atomic E-state index is 11.5. The van der Waals surface area contributed by atoms with Gasteiger partial charge in [-0.1, -0.05) is 0 Å². The molecule has 0 atom stereocenters. The van der Waals surface area contributed by atoms with E-state index in [1.807, 2.05) is 0 Å². The third kappa shape index (κ3) is 4.60. The lowest BCUT2D eigenvalue weighted by Crippen LogP contribution is -2.34. The number of aldehydes is 1. The molecule has 0 aliphatic carbocycles. The van der Waals surface area contributed by atoms with Gasteiger partial charge in [0.2, 0.25) is 0 Å². The molecular formula is C19H15BrN2O7. The van der Waals surface area contributed by atoms with Gasteiger partial charge in [0, 0.05) is 24.3 Å². The van der Waals surface area contributed by atoms with Crippen molar-refractivity contribution in [1.29, 1.82) is 0 Å². The van der Waals surface area contributed by atoms with Crippen molar-refractivity contribution < 1.29 is 33.4 Å². The van der Waals surface area contributed by atoms with Gasteiger partial charge in [-0.2, -0.15) is 0 Å². The first kappa shape index (κ1) is 20.5. The van der Waals surface area contributed by atoms with Crippen molar-refractivity contribution in [2.24, 2.45) is 0 Å². The molecule has 0 unspecified atom stereocenters. The number of imide groups is 2. The van der Waals surface area contributed by atoms with Crippen molar-refractivity contribution in [3.63, 3.8) is 0 Å². The number of amides is 4. The summed E-state index contributed by atoms with van der Waals surface area (Å²) in [7, 11) is 0. The van der Waals surface area contributed by atoms with Crippen molar-refractivity contribution in [2.45, 2.75) is 0 Å². The molecule has 0 saturated carbocycles. The van der Waals surface area contributed by atoms with Crippen LogP contribution in [0, 0.1) is 0 Å². The number of benzene rings is 1. The Bertz CT molecular complexity index is 918. The molecule has 0 fully saturated rings. The molecule has 1 aromatic rings. The zero-order valence-electron chi connectivity index (χ0n) is 15.0. The molecule has 0 N–H and O–H groups in total. The highest BCUT2D eigenvalue weighted by molar-refractivity contribution is 9.10. The summed E-state index contributed by atoms with van der Waals surface area (Å²) in [5.74, 6) is -1.05. The largest absolute Gasteiger partial charge is 0.491 e. The van der Waals surface area contributed by atoms with Crippen LogP contribution in [0.4, 0.5) is 0 Å². The number of hydrogen-bond acceptors (Lipinski definition) is 7. The molecule has 4 amide bonds. The average Bonchev–Trinajstić information content (AvgIpc) is 3.19. The first-order chi connectivity index (χ1) is 13.9. The molecule has 1 aromatic carbocycles. The van der Waals surface area contributed by atoms with Crippen molar-refractivity contribution >= 4 is 45.8 Å². The zero-order valence-corrected chi connectivity index (χ0v) is 16.6. The molecule has 0 aromatic heterocycles. The van der Waals surface area contributed by atoms with Gasteiger partial charge in [0.1, 0.15) is 24.7 Å². The van der Waals surface area contributed by atoms with E-state index in [4.69, 9.17) is 9.47 Å². The van der Waals surface area contributed by atoms with Crippen molar-refractivity contribution in [3.05, 3.63) is 46.5 Å². The molecule has 0 saturated heterocycles. The van der Waals surface area contributed by atoms with Crippen LogP contribution in [0.3, 0.4) is 0 Å². The Morgan fingerprint density at radius 3 is 1.66 bits per heavy atom. The second-order valence-electron chi connectivity index (χ2n) is 5.96. The minimum Gasteiger partial charge on any atom is -0.491 e. The second kappa shape index (κ2) is 8.82. The highest BCUT2D eigenvalue weighted by Gasteiger charge is 2.24. The summed E-state index contributed by atoms with van der Waals surface area (Å²) < 4.78 is 11.6. The summed E-state index contributed by atoms with van der Waals surface area (Å²) in [5, 5.41) is 0. The quantitative estimate of drug-likeness (QED) is 0.395. The van der Waals surface area contributed by atoms with Crippen molar-refractivity contribution in [2.75, 3.05) is 26.3 Å². The first-order valence-corrected chi connectivity index (χ1v) is 9.31. The number of halogens is 1. The van der Waals surface area contributed by atoms with Crippen LogP contribution in [0.5, 0.6) is 11.5 Å². The van der Waals surface area contributed by atoms with E-state index in [1.54, 1.807) is 0 Å². The molecule has 2 aliphatic rings. The molecule has 2 heterocycles. The van der Waals surface area contributed by atoms with E-state index in [0.29, 0.717) is 16.5 Å². The lowest BCUT2D eigenvalue weighted by molar-refractivity contribution is -0.138. The fourth-order valence-corrected chi connectivity index (χ4v) is 3.11. The summed E-state index contributed by atoms with van der Waals surface area (Å²) in [5.41, 5.74) is 0.204. The van der Waals surface area contributed by atoms with Crippen LogP contribution in [0.2, 0.25) is 0 Å². The SMILES string of the molecule is O=Cc1cc(OCCN2C(=O)C=CC2=O)c(Br)cc1OCCN1C(=O)C=CC1=O. The highest BCUT2D eigenvalue weighted by Crippen LogP contribution is 2.32. The Morgan fingerprint density at radius 1 is 0.759 bits per heavy atom. The standard InChI is InChI=1S/C19H15BrN2O7/c20-13-10-14(28-7-5-21-16(24)1-2-17(21)25)12(11-23)9-15(13)29-8-6-22-18(26)3-4-19(22)27/h1-4,9-11H,5-8H2. The predicted octanol–water partition coefficient (Wildman–Crippen LogP) is 0.869. The number of rotatable bonds is 9. The maximum atomic E-state index is 11.5. The Kier molecular flexibility index (Phi) is 6.23. The van der Waals surface area contributed by atoms with Gasteiger partial charge in [0.05, 0.1) is 23.1 Å². The second-order valence-corrected chi connectivity index (χ2v) is 6.81. The fraction of sp³-hybridized carbons (Fsp3) is 0.211. The molecular weight excluding hydrogens is 448 g/mol. The van der Waals surface area contributed by atoms with Gasteiger partial charge >= 0.3 is 0 Å². The molecule has 29 heavy (non-hydrogen) atoms. The Hall–Kier alpha value is -3.27. The average molecular weight is 463 g/mol. The van der Waals surface area contributed by atoms with Crippen LogP contribution in [0.1, 0.15) is 10.4 Å². The summed E-state index contributed by atoms with van der Waals surface area (Å²) in [6.07, 6.45) is 5.32. The minimum atomic E-state index is -0.413. The van der Waals surface area contributed by atoms with Crippen LogP contribution in [0.25, 0.3) is 0 Å². The van der Waals surface area contributed by atoms with Crippen molar-refractivity contribution in [3.8, 4) is 11.5 Å². The van der Waals surface area contributed by atoms with Gasteiger partial charge in [-0.15, -0.1) is 0 Å². The molecule has 0 radical (unpaired) electrons. The van der Waals surface area contributed by atoms with Gasteiger partial charge in [-0.3, -0.25) is 33.8 Å². The first-order valence-electron chi connectivity index (χ1n) is 8.52. The van der Waals surface area contributed by atoms with Crippen LogP contribution in [0.15, 0.2) is 40.9 Å². The summed E-state index contributed by atoms with van der Waals surface area (Å²) in [6.45, 7) is 0.170. The van der Waals surface area contributed by atoms with E-state index in [2.05, 4.69) is 15.9 Å². The van der Waals surface area contributed by atoms with Crippen LogP contribution < -0.4 is 9.47 Å².